The number of H-pyrrole nitrogens is 1. The zero-order chi connectivity index (χ0) is 19.7. The summed E-state index contributed by atoms with van der Waals surface area (Å²) in [5, 5.41) is 11.5. The van der Waals surface area contributed by atoms with Crippen molar-refractivity contribution in [3.05, 3.63) is 48.1 Å². The van der Waals surface area contributed by atoms with Gasteiger partial charge in [0.05, 0.1) is 39.7 Å². The zero-order valence-corrected chi connectivity index (χ0v) is 16.9. The molecule has 28 heavy (non-hydrogen) atoms. The molecular weight excluding hydrogens is 394 g/mol. The molecule has 2 aromatic heterocycles. The number of nitrogens with two attached hydrogens (primary N) is 1. The smallest absolute Gasteiger partial charge is 0.187 e. The number of rotatable bonds is 6. The van der Waals surface area contributed by atoms with E-state index in [1.807, 2.05) is 37.4 Å². The van der Waals surface area contributed by atoms with Gasteiger partial charge in [0.2, 0.25) is 0 Å². The van der Waals surface area contributed by atoms with E-state index in [4.69, 9.17) is 9.88 Å². The predicted octanol–water partition coefficient (Wildman–Crippen LogP) is 4.20. The van der Waals surface area contributed by atoms with Gasteiger partial charge < -0.3 is 15.0 Å². The van der Waals surface area contributed by atoms with Gasteiger partial charge in [-0.2, -0.15) is 0 Å². The van der Waals surface area contributed by atoms with Crippen molar-refractivity contribution < 1.29 is 8.95 Å². The van der Waals surface area contributed by atoms with Gasteiger partial charge in [0.25, 0.3) is 0 Å². The van der Waals surface area contributed by atoms with Crippen LogP contribution >= 0.6 is 11.3 Å². The summed E-state index contributed by atoms with van der Waals surface area (Å²) in [5.41, 5.74) is 4.41. The van der Waals surface area contributed by atoms with Crippen LogP contribution in [-0.2, 0) is 11.0 Å². The van der Waals surface area contributed by atoms with Crippen molar-refractivity contribution >= 4 is 44.2 Å². The fraction of sp³-hybridized carbons (Fsp3) is 0.158. The summed E-state index contributed by atoms with van der Waals surface area (Å²) in [6.45, 7) is 3.90. The largest absolute Gasteiger partial charge is 0.489 e. The minimum Gasteiger partial charge on any atom is -0.489 e. The lowest BCUT2D eigenvalue weighted by molar-refractivity contribution is 0.243. The maximum atomic E-state index is 11.7. The molecule has 4 rings (SSSR count). The van der Waals surface area contributed by atoms with Crippen molar-refractivity contribution in [2.45, 2.75) is 24.8 Å². The van der Waals surface area contributed by atoms with Crippen LogP contribution in [0.3, 0.4) is 0 Å². The molecule has 0 saturated heterocycles. The Morgan fingerprint density at radius 1 is 1.25 bits per heavy atom. The van der Waals surface area contributed by atoms with Gasteiger partial charge in [-0.1, -0.05) is 6.07 Å². The predicted molar refractivity (Wildman–Crippen MR) is 113 cm³/mol. The Bertz CT molecular complexity index is 1150. The molecule has 0 saturated carbocycles. The quantitative estimate of drug-likeness (QED) is 0.439. The summed E-state index contributed by atoms with van der Waals surface area (Å²) < 4.78 is 17.5. The van der Waals surface area contributed by atoms with E-state index < -0.39 is 11.0 Å². The number of aromatic nitrogens is 3. The molecule has 9 heteroatoms. The lowest BCUT2D eigenvalue weighted by Gasteiger charge is -2.15. The molecule has 0 fully saturated rings. The Balaban J connectivity index is 1.64. The van der Waals surface area contributed by atoms with Crippen LogP contribution in [0.25, 0.3) is 22.3 Å². The Kier molecular flexibility index (Phi) is 5.12. The van der Waals surface area contributed by atoms with Gasteiger partial charge in [-0.3, -0.25) is 0 Å². The third-order valence-corrected chi connectivity index (χ3v) is 5.48. The normalized spacial score (nSPS) is 12.4. The average molecular weight is 414 g/mol. The number of nitrogens with zero attached hydrogens (tertiary/aromatic N) is 2. The maximum absolute atomic E-state index is 11.7. The van der Waals surface area contributed by atoms with Gasteiger partial charge in [0.15, 0.2) is 5.13 Å². The lowest BCUT2D eigenvalue weighted by Crippen LogP contribution is -2.09. The van der Waals surface area contributed by atoms with Gasteiger partial charge >= 0.3 is 0 Å². The van der Waals surface area contributed by atoms with E-state index in [2.05, 4.69) is 20.3 Å². The van der Waals surface area contributed by atoms with Crippen molar-refractivity contribution in [3.8, 4) is 17.0 Å². The molecule has 0 aliphatic rings. The van der Waals surface area contributed by atoms with E-state index in [1.165, 1.54) is 11.3 Å². The molecule has 1 unspecified atom stereocenters. The highest BCUT2D eigenvalue weighted by atomic mass is 32.2. The van der Waals surface area contributed by atoms with E-state index in [0.29, 0.717) is 21.5 Å². The van der Waals surface area contributed by atoms with Crippen LogP contribution < -0.4 is 15.2 Å². The molecule has 0 amide bonds. The number of thiazole rings is 1. The first kappa shape index (κ1) is 18.6. The third-order valence-electron chi connectivity index (χ3n) is 4.01. The molecule has 2 aromatic carbocycles. The van der Waals surface area contributed by atoms with Crippen molar-refractivity contribution in [2.24, 2.45) is 5.14 Å². The number of ether oxygens (including phenoxy) is 1. The lowest BCUT2D eigenvalue weighted by atomic mass is 10.1. The van der Waals surface area contributed by atoms with Crippen LogP contribution in [0.1, 0.15) is 13.8 Å². The molecular formula is C19H19N5O2S2. The summed E-state index contributed by atoms with van der Waals surface area (Å²) in [6, 6.07) is 11.2. The fourth-order valence-corrected chi connectivity index (χ4v) is 3.93. The third kappa shape index (κ3) is 3.91. The first-order valence-corrected chi connectivity index (χ1v) is 10.7. The Hall–Kier alpha value is -2.75. The van der Waals surface area contributed by atoms with Gasteiger partial charge in [-0.15, -0.1) is 11.3 Å². The van der Waals surface area contributed by atoms with E-state index >= 15 is 0 Å². The SMILES string of the molecule is CC(C)Oc1ccc(S(N)=O)cc1Nc1nc(-c2ccc3nc[nH]c3c2)cs1. The second-order valence-electron chi connectivity index (χ2n) is 6.42. The second kappa shape index (κ2) is 7.70. The number of anilines is 2. The van der Waals surface area contributed by atoms with Crippen LogP contribution in [0.4, 0.5) is 10.8 Å². The minimum atomic E-state index is -1.57. The molecule has 7 nitrogen and oxygen atoms in total. The van der Waals surface area contributed by atoms with Crippen LogP contribution in [0.15, 0.2) is 53.0 Å². The number of imidazole rings is 1. The fourth-order valence-electron chi connectivity index (χ4n) is 2.76. The molecule has 144 valence electrons. The second-order valence-corrected chi connectivity index (χ2v) is 8.34. The van der Waals surface area contributed by atoms with Crippen LogP contribution in [0.5, 0.6) is 5.75 Å². The summed E-state index contributed by atoms with van der Waals surface area (Å²) in [4.78, 5) is 12.5. The summed E-state index contributed by atoms with van der Waals surface area (Å²) in [6.07, 6.45) is 1.68. The van der Waals surface area contributed by atoms with Crippen molar-refractivity contribution in [1.82, 2.24) is 15.0 Å². The number of fused-ring (bicyclic) bond motifs is 1. The molecule has 0 aliphatic heterocycles. The Labute approximate surface area is 168 Å². The minimum absolute atomic E-state index is 0.00256. The Morgan fingerprint density at radius 3 is 2.89 bits per heavy atom. The summed E-state index contributed by atoms with van der Waals surface area (Å²) >= 11 is 1.48. The zero-order valence-electron chi connectivity index (χ0n) is 15.3. The molecule has 4 N–H and O–H groups in total. The van der Waals surface area contributed by atoms with E-state index in [-0.39, 0.29) is 6.10 Å². The van der Waals surface area contributed by atoms with E-state index in [9.17, 15) is 4.21 Å². The highest BCUT2D eigenvalue weighted by Crippen LogP contribution is 2.33. The molecule has 1 atom stereocenters. The van der Waals surface area contributed by atoms with E-state index in [0.717, 1.165) is 22.3 Å². The number of aromatic amines is 1. The van der Waals surface area contributed by atoms with Crippen LogP contribution in [0.2, 0.25) is 0 Å². The Morgan fingerprint density at radius 2 is 2.11 bits per heavy atom. The average Bonchev–Trinajstić information content (AvgIpc) is 3.31. The van der Waals surface area contributed by atoms with Crippen LogP contribution in [0, 0.1) is 0 Å². The first-order chi connectivity index (χ1) is 13.5. The summed E-state index contributed by atoms with van der Waals surface area (Å²) in [7, 11) is -1.57. The van der Waals surface area contributed by atoms with Gasteiger partial charge in [-0.25, -0.2) is 19.3 Å². The number of benzene rings is 2. The number of hydrogen-bond acceptors (Lipinski definition) is 6. The van der Waals surface area contributed by atoms with Crippen molar-refractivity contribution in [3.63, 3.8) is 0 Å². The topological polar surface area (TPSA) is 106 Å². The molecule has 0 radical (unpaired) electrons. The molecule has 2 heterocycles. The standard InChI is InChI=1S/C19H19N5O2S2/c1-11(2)26-18-6-4-13(28(20)25)8-16(18)23-19-24-17(9-27-19)12-3-5-14-15(7-12)22-10-21-14/h3-11H,20H2,1-2H3,(H,21,22)(H,23,24). The van der Waals surface area contributed by atoms with Gasteiger partial charge in [0, 0.05) is 10.9 Å². The summed E-state index contributed by atoms with van der Waals surface area (Å²) in [5.74, 6) is 0.653. The number of hydrogen-bond donors (Lipinski definition) is 3. The highest BCUT2D eigenvalue weighted by molar-refractivity contribution is 7.82. The molecule has 4 aromatic rings. The molecule has 0 aliphatic carbocycles. The van der Waals surface area contributed by atoms with E-state index in [1.54, 1.807) is 24.5 Å². The first-order valence-electron chi connectivity index (χ1n) is 8.62. The molecule has 0 spiro atoms. The van der Waals surface area contributed by atoms with Crippen LogP contribution in [-0.4, -0.2) is 25.3 Å². The maximum Gasteiger partial charge on any atom is 0.187 e. The van der Waals surface area contributed by atoms with Gasteiger partial charge in [0.1, 0.15) is 16.7 Å². The molecule has 0 bridgehead atoms. The van der Waals surface area contributed by atoms with Gasteiger partial charge in [-0.05, 0) is 44.2 Å². The van der Waals surface area contributed by atoms with Crippen molar-refractivity contribution in [2.75, 3.05) is 5.32 Å². The number of nitrogens with one attached hydrogen (secondary N) is 2. The highest BCUT2D eigenvalue weighted by Gasteiger charge is 2.12. The van der Waals surface area contributed by atoms with Crippen molar-refractivity contribution in [1.29, 1.82) is 0 Å². The monoisotopic (exact) mass is 413 g/mol.